The average molecular weight is 222 g/mol. The van der Waals surface area contributed by atoms with E-state index in [1.54, 1.807) is 6.33 Å². The molecule has 0 spiro atoms. The van der Waals surface area contributed by atoms with Crippen molar-refractivity contribution in [3.05, 3.63) is 12.4 Å². The standard InChI is InChI=1S/C11H18N4O/c1-3-12-10-6-11(14-8-13-10)15-4-5-16-7-9(15)2/h6,8-9H,3-5,7H2,1-2H3,(H,12,13,14). The van der Waals surface area contributed by atoms with Crippen molar-refractivity contribution < 1.29 is 4.74 Å². The molecule has 1 N–H and O–H groups in total. The van der Waals surface area contributed by atoms with Crippen molar-refractivity contribution in [2.75, 3.05) is 36.5 Å². The summed E-state index contributed by atoms with van der Waals surface area (Å²) in [4.78, 5) is 10.7. The van der Waals surface area contributed by atoms with E-state index >= 15 is 0 Å². The number of nitrogens with one attached hydrogen (secondary N) is 1. The van der Waals surface area contributed by atoms with Crippen molar-refractivity contribution >= 4 is 11.6 Å². The van der Waals surface area contributed by atoms with Crippen molar-refractivity contribution in [1.82, 2.24) is 9.97 Å². The van der Waals surface area contributed by atoms with Crippen LogP contribution in [-0.4, -0.2) is 42.3 Å². The Morgan fingerprint density at radius 1 is 1.56 bits per heavy atom. The van der Waals surface area contributed by atoms with Gasteiger partial charge in [-0.25, -0.2) is 9.97 Å². The number of morpholine rings is 1. The lowest BCUT2D eigenvalue weighted by Crippen LogP contribution is -2.44. The number of rotatable bonds is 3. The second-order valence-corrected chi connectivity index (χ2v) is 3.91. The molecule has 2 rings (SSSR count). The van der Waals surface area contributed by atoms with Gasteiger partial charge in [0, 0.05) is 19.2 Å². The van der Waals surface area contributed by atoms with Gasteiger partial charge < -0.3 is 15.0 Å². The molecule has 88 valence electrons. The van der Waals surface area contributed by atoms with Gasteiger partial charge in [0.2, 0.25) is 0 Å². The molecule has 5 nitrogen and oxygen atoms in total. The van der Waals surface area contributed by atoms with E-state index in [-0.39, 0.29) is 0 Å². The summed E-state index contributed by atoms with van der Waals surface area (Å²) in [5, 5.41) is 3.19. The van der Waals surface area contributed by atoms with Gasteiger partial charge in [-0.15, -0.1) is 0 Å². The van der Waals surface area contributed by atoms with Gasteiger partial charge in [-0.05, 0) is 13.8 Å². The fourth-order valence-electron chi connectivity index (χ4n) is 1.85. The fourth-order valence-corrected chi connectivity index (χ4v) is 1.85. The van der Waals surface area contributed by atoms with Crippen molar-refractivity contribution in [3.63, 3.8) is 0 Å². The third kappa shape index (κ3) is 2.41. The molecule has 1 aromatic rings. The molecular weight excluding hydrogens is 204 g/mol. The smallest absolute Gasteiger partial charge is 0.134 e. The first-order valence-electron chi connectivity index (χ1n) is 5.71. The molecular formula is C11H18N4O. The normalized spacial score (nSPS) is 20.9. The summed E-state index contributed by atoms with van der Waals surface area (Å²) in [6.45, 7) is 7.50. The van der Waals surface area contributed by atoms with E-state index in [1.165, 1.54) is 0 Å². The Balaban J connectivity index is 2.15. The highest BCUT2D eigenvalue weighted by Crippen LogP contribution is 2.18. The van der Waals surface area contributed by atoms with Gasteiger partial charge in [-0.3, -0.25) is 0 Å². The Labute approximate surface area is 95.8 Å². The Kier molecular flexibility index (Phi) is 3.56. The van der Waals surface area contributed by atoms with Crippen LogP contribution in [0.5, 0.6) is 0 Å². The summed E-state index contributed by atoms with van der Waals surface area (Å²) in [6.07, 6.45) is 1.61. The van der Waals surface area contributed by atoms with E-state index in [4.69, 9.17) is 4.74 Å². The van der Waals surface area contributed by atoms with Crippen LogP contribution in [0.15, 0.2) is 12.4 Å². The molecule has 5 heteroatoms. The van der Waals surface area contributed by atoms with Gasteiger partial charge in [0.15, 0.2) is 0 Å². The molecule has 0 aliphatic carbocycles. The van der Waals surface area contributed by atoms with Gasteiger partial charge >= 0.3 is 0 Å². The maximum Gasteiger partial charge on any atom is 0.134 e. The topological polar surface area (TPSA) is 50.3 Å². The largest absolute Gasteiger partial charge is 0.377 e. The first kappa shape index (κ1) is 11.1. The predicted molar refractivity (Wildman–Crippen MR) is 63.8 cm³/mol. The molecule has 0 aromatic carbocycles. The molecule has 1 aliphatic rings. The molecule has 0 bridgehead atoms. The van der Waals surface area contributed by atoms with Crippen LogP contribution in [0.4, 0.5) is 11.6 Å². The van der Waals surface area contributed by atoms with E-state index in [1.807, 2.05) is 6.07 Å². The molecule has 1 fully saturated rings. The molecule has 16 heavy (non-hydrogen) atoms. The first-order valence-corrected chi connectivity index (χ1v) is 5.71. The third-order valence-corrected chi connectivity index (χ3v) is 2.67. The molecule has 2 heterocycles. The highest BCUT2D eigenvalue weighted by molar-refractivity contribution is 5.49. The zero-order valence-corrected chi connectivity index (χ0v) is 9.81. The summed E-state index contributed by atoms with van der Waals surface area (Å²) < 4.78 is 5.41. The van der Waals surface area contributed by atoms with Crippen molar-refractivity contribution in [1.29, 1.82) is 0 Å². The molecule has 1 saturated heterocycles. The Hall–Kier alpha value is -1.36. The first-order chi connectivity index (χ1) is 7.81. The summed E-state index contributed by atoms with van der Waals surface area (Å²) in [5.74, 6) is 1.85. The van der Waals surface area contributed by atoms with Crippen LogP contribution in [0.2, 0.25) is 0 Å². The summed E-state index contributed by atoms with van der Waals surface area (Å²) in [7, 11) is 0. The second kappa shape index (κ2) is 5.12. The molecule has 0 radical (unpaired) electrons. The maximum atomic E-state index is 5.41. The lowest BCUT2D eigenvalue weighted by molar-refractivity contribution is 0.0985. The van der Waals surface area contributed by atoms with Crippen LogP contribution in [0.1, 0.15) is 13.8 Å². The summed E-state index contributed by atoms with van der Waals surface area (Å²) in [6, 6.07) is 2.36. The van der Waals surface area contributed by atoms with Gasteiger partial charge in [0.1, 0.15) is 18.0 Å². The van der Waals surface area contributed by atoms with Crippen molar-refractivity contribution in [2.24, 2.45) is 0 Å². The highest BCUT2D eigenvalue weighted by atomic mass is 16.5. The van der Waals surface area contributed by atoms with Crippen LogP contribution in [0.3, 0.4) is 0 Å². The van der Waals surface area contributed by atoms with Crippen molar-refractivity contribution in [2.45, 2.75) is 19.9 Å². The number of aromatic nitrogens is 2. The summed E-state index contributed by atoms with van der Waals surface area (Å²) >= 11 is 0. The SMILES string of the molecule is CCNc1cc(N2CCOCC2C)ncn1. The monoisotopic (exact) mass is 222 g/mol. The van der Waals surface area contributed by atoms with Gasteiger partial charge in [0.05, 0.1) is 19.3 Å². The third-order valence-electron chi connectivity index (χ3n) is 2.67. The molecule has 1 unspecified atom stereocenters. The molecule has 0 amide bonds. The molecule has 1 aromatic heterocycles. The van der Waals surface area contributed by atoms with E-state index in [9.17, 15) is 0 Å². The van der Waals surface area contributed by atoms with Gasteiger partial charge in [0.25, 0.3) is 0 Å². The van der Waals surface area contributed by atoms with Crippen LogP contribution in [-0.2, 0) is 4.74 Å². The van der Waals surface area contributed by atoms with Crippen LogP contribution >= 0.6 is 0 Å². The number of hydrogen-bond acceptors (Lipinski definition) is 5. The minimum atomic E-state index is 0.373. The number of nitrogens with zero attached hydrogens (tertiary/aromatic N) is 3. The lowest BCUT2D eigenvalue weighted by atomic mass is 10.2. The Bertz CT molecular complexity index is 345. The molecule has 0 saturated carbocycles. The van der Waals surface area contributed by atoms with Crippen LogP contribution in [0, 0.1) is 0 Å². The minimum absolute atomic E-state index is 0.373. The zero-order valence-electron chi connectivity index (χ0n) is 9.81. The second-order valence-electron chi connectivity index (χ2n) is 3.91. The summed E-state index contributed by atoms with van der Waals surface area (Å²) in [5.41, 5.74) is 0. The van der Waals surface area contributed by atoms with E-state index in [2.05, 4.69) is 34.0 Å². The number of anilines is 2. The van der Waals surface area contributed by atoms with Crippen LogP contribution < -0.4 is 10.2 Å². The van der Waals surface area contributed by atoms with Crippen LogP contribution in [0.25, 0.3) is 0 Å². The number of hydrogen-bond donors (Lipinski definition) is 1. The Morgan fingerprint density at radius 2 is 2.44 bits per heavy atom. The lowest BCUT2D eigenvalue weighted by Gasteiger charge is -2.34. The number of ether oxygens (including phenoxy) is 1. The highest BCUT2D eigenvalue weighted by Gasteiger charge is 2.20. The molecule has 1 atom stereocenters. The van der Waals surface area contributed by atoms with Gasteiger partial charge in [-0.1, -0.05) is 0 Å². The van der Waals surface area contributed by atoms with E-state index in [0.717, 1.165) is 37.9 Å². The van der Waals surface area contributed by atoms with E-state index < -0.39 is 0 Å². The zero-order chi connectivity index (χ0) is 11.4. The quantitative estimate of drug-likeness (QED) is 0.831. The predicted octanol–water partition coefficient (Wildman–Crippen LogP) is 1.13. The minimum Gasteiger partial charge on any atom is -0.377 e. The average Bonchev–Trinajstić information content (AvgIpc) is 2.30. The Morgan fingerprint density at radius 3 is 3.19 bits per heavy atom. The maximum absolute atomic E-state index is 5.41. The van der Waals surface area contributed by atoms with Crippen molar-refractivity contribution in [3.8, 4) is 0 Å². The fraction of sp³-hybridized carbons (Fsp3) is 0.636. The van der Waals surface area contributed by atoms with Gasteiger partial charge in [-0.2, -0.15) is 0 Å². The molecule has 1 aliphatic heterocycles. The van der Waals surface area contributed by atoms with E-state index in [0.29, 0.717) is 6.04 Å².